The average molecular weight is 204 g/mol. The molecule has 0 aromatic carbocycles. The van der Waals surface area contributed by atoms with E-state index in [2.05, 4.69) is 21.9 Å². The summed E-state index contributed by atoms with van der Waals surface area (Å²) in [7, 11) is 0. The molecule has 0 fully saturated rings. The molecule has 0 radical (unpaired) electrons. The number of aromatic nitrogens is 2. The first-order chi connectivity index (χ1) is 6.93. The van der Waals surface area contributed by atoms with Gasteiger partial charge in [0.25, 0.3) is 0 Å². The Balaban J connectivity index is 2.04. The molecular weight excluding hydrogens is 192 g/mol. The molecule has 2 heterocycles. The summed E-state index contributed by atoms with van der Waals surface area (Å²) in [4.78, 5) is 6.17. The van der Waals surface area contributed by atoms with Crippen molar-refractivity contribution in [3.8, 4) is 5.13 Å². The quantitative estimate of drug-likeness (QED) is 0.698. The molecule has 0 N–H and O–H groups in total. The van der Waals surface area contributed by atoms with Crippen molar-refractivity contribution in [2.75, 3.05) is 0 Å². The zero-order valence-electron chi connectivity index (χ0n) is 7.94. The van der Waals surface area contributed by atoms with Crippen LogP contribution >= 0.6 is 11.3 Å². The lowest BCUT2D eigenvalue weighted by Crippen LogP contribution is -1.99. The second-order valence-corrected chi connectivity index (χ2v) is 4.73. The highest BCUT2D eigenvalue weighted by Gasteiger charge is 2.15. The first kappa shape index (κ1) is 8.24. The molecule has 0 aliphatic heterocycles. The molecule has 0 atom stereocenters. The average Bonchev–Trinajstić information content (AvgIpc) is 2.86. The first-order valence-electron chi connectivity index (χ1n) is 5.05. The first-order valence-corrected chi connectivity index (χ1v) is 5.87. The van der Waals surface area contributed by atoms with Gasteiger partial charge in [0.15, 0.2) is 5.13 Å². The summed E-state index contributed by atoms with van der Waals surface area (Å²) >= 11 is 1.84. The SMILES string of the molecule is c1ccn(-c2nc3c(s2)CCCC3)c1. The van der Waals surface area contributed by atoms with Crippen LogP contribution in [0.25, 0.3) is 5.13 Å². The van der Waals surface area contributed by atoms with Crippen molar-refractivity contribution in [1.29, 1.82) is 0 Å². The summed E-state index contributed by atoms with van der Waals surface area (Å²) in [5.41, 5.74) is 1.34. The number of rotatable bonds is 1. The second-order valence-electron chi connectivity index (χ2n) is 3.66. The Morgan fingerprint density at radius 2 is 1.93 bits per heavy atom. The Hall–Kier alpha value is -1.09. The van der Waals surface area contributed by atoms with E-state index in [1.807, 2.05) is 23.5 Å². The van der Waals surface area contributed by atoms with E-state index in [-0.39, 0.29) is 0 Å². The zero-order valence-corrected chi connectivity index (χ0v) is 8.76. The van der Waals surface area contributed by atoms with E-state index in [4.69, 9.17) is 0 Å². The van der Waals surface area contributed by atoms with Gasteiger partial charge in [-0.25, -0.2) is 4.98 Å². The van der Waals surface area contributed by atoms with Crippen LogP contribution in [0.2, 0.25) is 0 Å². The van der Waals surface area contributed by atoms with Crippen molar-refractivity contribution >= 4 is 11.3 Å². The molecule has 14 heavy (non-hydrogen) atoms. The predicted molar refractivity (Wildman–Crippen MR) is 58.1 cm³/mol. The fourth-order valence-electron chi connectivity index (χ4n) is 1.91. The summed E-state index contributed by atoms with van der Waals surface area (Å²) in [5, 5.41) is 1.13. The molecule has 2 aromatic rings. The minimum atomic E-state index is 1.13. The van der Waals surface area contributed by atoms with Crippen molar-refractivity contribution < 1.29 is 0 Å². The minimum Gasteiger partial charge on any atom is -0.300 e. The molecule has 0 spiro atoms. The van der Waals surface area contributed by atoms with E-state index in [1.165, 1.54) is 36.3 Å². The van der Waals surface area contributed by atoms with Crippen molar-refractivity contribution in [3.63, 3.8) is 0 Å². The van der Waals surface area contributed by atoms with Crippen molar-refractivity contribution in [2.24, 2.45) is 0 Å². The van der Waals surface area contributed by atoms with E-state index in [0.717, 1.165) is 5.13 Å². The lowest BCUT2D eigenvalue weighted by atomic mass is 10.0. The fraction of sp³-hybridized carbons (Fsp3) is 0.364. The minimum absolute atomic E-state index is 1.13. The van der Waals surface area contributed by atoms with Crippen LogP contribution in [0.15, 0.2) is 24.5 Å². The van der Waals surface area contributed by atoms with Gasteiger partial charge in [-0.05, 0) is 37.8 Å². The summed E-state index contributed by atoms with van der Waals surface area (Å²) < 4.78 is 2.10. The van der Waals surface area contributed by atoms with E-state index in [9.17, 15) is 0 Å². The Morgan fingerprint density at radius 3 is 2.71 bits per heavy atom. The smallest absolute Gasteiger partial charge is 0.193 e. The van der Waals surface area contributed by atoms with Gasteiger partial charge < -0.3 is 4.57 Å². The van der Waals surface area contributed by atoms with Crippen LogP contribution in [0.3, 0.4) is 0 Å². The molecule has 0 amide bonds. The van der Waals surface area contributed by atoms with Crippen molar-refractivity contribution in [1.82, 2.24) is 9.55 Å². The van der Waals surface area contributed by atoms with E-state index >= 15 is 0 Å². The molecule has 0 bridgehead atoms. The molecular formula is C11H12N2S. The predicted octanol–water partition coefficient (Wildman–Crippen LogP) is 2.81. The molecule has 2 nitrogen and oxygen atoms in total. The van der Waals surface area contributed by atoms with Crippen LogP contribution in [0, 0.1) is 0 Å². The maximum absolute atomic E-state index is 4.67. The highest BCUT2D eigenvalue weighted by Crippen LogP contribution is 2.28. The Bertz CT molecular complexity index is 405. The second kappa shape index (κ2) is 3.24. The van der Waals surface area contributed by atoms with E-state index in [0.29, 0.717) is 0 Å². The van der Waals surface area contributed by atoms with Crippen LogP contribution in [0.5, 0.6) is 0 Å². The Morgan fingerprint density at radius 1 is 1.14 bits per heavy atom. The monoisotopic (exact) mass is 204 g/mol. The lowest BCUT2D eigenvalue weighted by Gasteiger charge is -2.06. The van der Waals surface area contributed by atoms with Gasteiger partial charge in [0.1, 0.15) is 0 Å². The molecule has 0 unspecified atom stereocenters. The van der Waals surface area contributed by atoms with Crippen molar-refractivity contribution in [3.05, 3.63) is 35.1 Å². The van der Waals surface area contributed by atoms with Gasteiger partial charge in [0, 0.05) is 17.3 Å². The number of thiazole rings is 1. The fourth-order valence-corrected chi connectivity index (χ4v) is 3.03. The van der Waals surface area contributed by atoms with Crippen molar-refractivity contribution in [2.45, 2.75) is 25.7 Å². The van der Waals surface area contributed by atoms with Gasteiger partial charge in [0.2, 0.25) is 0 Å². The summed E-state index contributed by atoms with van der Waals surface area (Å²) in [6.45, 7) is 0. The van der Waals surface area contributed by atoms with Crippen LogP contribution in [0.4, 0.5) is 0 Å². The Labute approximate surface area is 87.2 Å². The highest BCUT2D eigenvalue weighted by atomic mass is 32.1. The van der Waals surface area contributed by atoms with Gasteiger partial charge in [-0.2, -0.15) is 0 Å². The molecule has 1 aliphatic carbocycles. The number of nitrogens with zero attached hydrogens (tertiary/aromatic N) is 2. The van der Waals surface area contributed by atoms with E-state index < -0.39 is 0 Å². The lowest BCUT2D eigenvalue weighted by molar-refractivity contribution is 0.681. The summed E-state index contributed by atoms with van der Waals surface area (Å²) in [6, 6.07) is 4.08. The highest BCUT2D eigenvalue weighted by molar-refractivity contribution is 7.14. The van der Waals surface area contributed by atoms with Crippen LogP contribution in [-0.4, -0.2) is 9.55 Å². The van der Waals surface area contributed by atoms with Gasteiger partial charge in [0.05, 0.1) is 5.69 Å². The molecule has 0 saturated carbocycles. The number of fused-ring (bicyclic) bond motifs is 1. The number of hydrogen-bond acceptors (Lipinski definition) is 2. The van der Waals surface area contributed by atoms with Gasteiger partial charge in [-0.1, -0.05) is 0 Å². The Kier molecular flexibility index (Phi) is 1.91. The topological polar surface area (TPSA) is 17.8 Å². The third kappa shape index (κ3) is 1.28. The molecule has 3 rings (SSSR count). The van der Waals surface area contributed by atoms with Gasteiger partial charge in [-0.3, -0.25) is 0 Å². The zero-order chi connectivity index (χ0) is 9.38. The van der Waals surface area contributed by atoms with E-state index in [1.54, 1.807) is 0 Å². The maximum atomic E-state index is 4.67. The third-order valence-electron chi connectivity index (χ3n) is 2.66. The molecule has 0 saturated heterocycles. The molecule has 2 aromatic heterocycles. The maximum Gasteiger partial charge on any atom is 0.193 e. The van der Waals surface area contributed by atoms with Crippen LogP contribution in [0.1, 0.15) is 23.4 Å². The molecule has 1 aliphatic rings. The van der Waals surface area contributed by atoms with Gasteiger partial charge >= 0.3 is 0 Å². The molecule has 3 heteroatoms. The van der Waals surface area contributed by atoms with Crippen LogP contribution in [-0.2, 0) is 12.8 Å². The van der Waals surface area contributed by atoms with Gasteiger partial charge in [-0.15, -0.1) is 11.3 Å². The number of aryl methyl sites for hydroxylation is 2. The molecule has 72 valence electrons. The normalized spacial score (nSPS) is 15.4. The summed E-state index contributed by atoms with van der Waals surface area (Å²) in [5.74, 6) is 0. The third-order valence-corrected chi connectivity index (χ3v) is 3.83. The largest absolute Gasteiger partial charge is 0.300 e. The standard InChI is InChI=1S/C11H12N2S/c1-2-6-10-9(5-1)12-11(14-10)13-7-3-4-8-13/h3-4,7-8H,1-2,5-6H2. The van der Waals surface area contributed by atoms with Crippen LogP contribution < -0.4 is 0 Å². The summed E-state index contributed by atoms with van der Waals surface area (Å²) in [6.07, 6.45) is 9.16. The number of hydrogen-bond donors (Lipinski definition) is 0.